The van der Waals surface area contributed by atoms with Gasteiger partial charge in [-0.1, -0.05) is 47.0 Å². The molecule has 2 nitrogen and oxygen atoms in total. The first kappa shape index (κ1) is 18.5. The molecule has 0 bridgehead atoms. The summed E-state index contributed by atoms with van der Waals surface area (Å²) < 4.78 is 6.05. The molecule has 1 fully saturated rings. The van der Waals surface area contributed by atoms with Crippen LogP contribution >= 0.6 is 0 Å². The van der Waals surface area contributed by atoms with E-state index in [1.807, 2.05) is 0 Å². The van der Waals surface area contributed by atoms with E-state index in [-0.39, 0.29) is 17.0 Å². The van der Waals surface area contributed by atoms with Crippen LogP contribution in [-0.2, 0) is 9.53 Å². The number of hydrogen-bond acceptors (Lipinski definition) is 2. The monoisotopic (exact) mass is 296 g/mol. The Balaban J connectivity index is 2.75. The molecule has 0 radical (unpaired) electrons. The van der Waals surface area contributed by atoms with Gasteiger partial charge in [-0.25, -0.2) is 0 Å². The van der Waals surface area contributed by atoms with Crippen molar-refractivity contribution in [1.29, 1.82) is 0 Å². The lowest BCUT2D eigenvalue weighted by atomic mass is 9.73. The van der Waals surface area contributed by atoms with Crippen molar-refractivity contribution in [1.82, 2.24) is 0 Å². The summed E-state index contributed by atoms with van der Waals surface area (Å²) >= 11 is 0. The molecule has 0 aromatic carbocycles. The first-order chi connectivity index (χ1) is 9.63. The molecule has 0 unspecified atom stereocenters. The molecule has 1 rings (SSSR count). The van der Waals surface area contributed by atoms with Gasteiger partial charge in [0.25, 0.3) is 0 Å². The molecule has 0 aromatic heterocycles. The van der Waals surface area contributed by atoms with Gasteiger partial charge in [-0.3, -0.25) is 4.79 Å². The first-order valence-corrected chi connectivity index (χ1v) is 8.87. The minimum Gasteiger partial charge on any atom is -0.459 e. The molecule has 1 saturated carbocycles. The predicted molar refractivity (Wildman–Crippen MR) is 89.1 cm³/mol. The summed E-state index contributed by atoms with van der Waals surface area (Å²) in [7, 11) is 0. The number of esters is 1. The zero-order valence-electron chi connectivity index (χ0n) is 15.3. The van der Waals surface area contributed by atoms with E-state index in [0.29, 0.717) is 11.8 Å². The molecule has 0 N–H and O–H groups in total. The van der Waals surface area contributed by atoms with Gasteiger partial charge < -0.3 is 4.74 Å². The number of rotatable bonds is 6. The van der Waals surface area contributed by atoms with E-state index in [1.54, 1.807) is 0 Å². The Labute approximate surface area is 132 Å². The van der Waals surface area contributed by atoms with E-state index in [4.69, 9.17) is 4.74 Å². The van der Waals surface area contributed by atoms with Crippen LogP contribution in [0.2, 0.25) is 0 Å². The Morgan fingerprint density at radius 3 is 2.10 bits per heavy atom. The first-order valence-electron chi connectivity index (χ1n) is 8.87. The molecular weight excluding hydrogens is 260 g/mol. The van der Waals surface area contributed by atoms with Crippen molar-refractivity contribution >= 4 is 5.97 Å². The fourth-order valence-corrected chi connectivity index (χ4v) is 3.54. The van der Waals surface area contributed by atoms with Crippen molar-refractivity contribution in [3.05, 3.63) is 0 Å². The Morgan fingerprint density at radius 2 is 1.67 bits per heavy atom. The topological polar surface area (TPSA) is 26.3 Å². The van der Waals surface area contributed by atoms with Crippen LogP contribution < -0.4 is 0 Å². The van der Waals surface area contributed by atoms with E-state index in [9.17, 15) is 4.79 Å². The van der Waals surface area contributed by atoms with E-state index < -0.39 is 0 Å². The van der Waals surface area contributed by atoms with Crippen molar-refractivity contribution < 1.29 is 9.53 Å². The lowest BCUT2D eigenvalue weighted by Gasteiger charge is -2.41. The van der Waals surface area contributed by atoms with Crippen LogP contribution in [0.25, 0.3) is 0 Å². The highest BCUT2D eigenvalue weighted by Gasteiger charge is 2.42. The second-order valence-electron chi connectivity index (χ2n) is 8.27. The molecule has 0 heterocycles. The van der Waals surface area contributed by atoms with Crippen LogP contribution in [-0.4, -0.2) is 11.6 Å². The van der Waals surface area contributed by atoms with Crippen LogP contribution in [0.5, 0.6) is 0 Å². The second-order valence-corrected chi connectivity index (χ2v) is 8.27. The van der Waals surface area contributed by atoms with Crippen LogP contribution in [0, 0.1) is 23.2 Å². The van der Waals surface area contributed by atoms with Crippen LogP contribution in [0.1, 0.15) is 87.0 Å². The van der Waals surface area contributed by atoms with E-state index in [0.717, 1.165) is 18.8 Å². The number of carbonyl (C=O) groups is 1. The van der Waals surface area contributed by atoms with Gasteiger partial charge in [-0.15, -0.1) is 0 Å². The number of ether oxygens (including phenoxy) is 1. The Kier molecular flexibility index (Phi) is 6.31. The molecule has 0 spiro atoms. The summed E-state index contributed by atoms with van der Waals surface area (Å²) in [4.78, 5) is 12.8. The molecular formula is C19H36O2. The summed E-state index contributed by atoms with van der Waals surface area (Å²) in [6, 6.07) is 0. The average Bonchev–Trinajstić information content (AvgIpc) is 2.38. The predicted octanol–water partition coefficient (Wildman–Crippen LogP) is 5.60. The molecule has 2 heteroatoms. The lowest BCUT2D eigenvalue weighted by Crippen LogP contribution is -2.44. The maximum atomic E-state index is 12.8. The number of hydrogen-bond donors (Lipinski definition) is 0. The minimum atomic E-state index is -0.353. The maximum absolute atomic E-state index is 12.8. The molecule has 0 aromatic rings. The van der Waals surface area contributed by atoms with Crippen molar-refractivity contribution in [2.24, 2.45) is 23.2 Å². The average molecular weight is 296 g/mol. The Hall–Kier alpha value is -0.530. The molecule has 0 amide bonds. The van der Waals surface area contributed by atoms with E-state index in [1.165, 1.54) is 25.7 Å². The minimum absolute atomic E-state index is 0.00275. The summed E-state index contributed by atoms with van der Waals surface area (Å²) in [5, 5.41) is 0. The summed E-state index contributed by atoms with van der Waals surface area (Å²) in [6.07, 6.45) is 6.83. The highest BCUT2D eigenvalue weighted by atomic mass is 16.6. The van der Waals surface area contributed by atoms with Gasteiger partial charge in [-0.2, -0.15) is 0 Å². The van der Waals surface area contributed by atoms with Crippen LogP contribution in [0.4, 0.5) is 0 Å². The Bertz CT molecular complexity index is 337. The summed E-state index contributed by atoms with van der Waals surface area (Å²) in [6.45, 7) is 15.0. The molecule has 1 aliphatic rings. The zero-order chi connectivity index (χ0) is 16.3. The van der Waals surface area contributed by atoms with Crippen LogP contribution in [0.15, 0.2) is 0 Å². The van der Waals surface area contributed by atoms with Gasteiger partial charge >= 0.3 is 5.97 Å². The van der Waals surface area contributed by atoms with Gasteiger partial charge in [0, 0.05) is 0 Å². The van der Waals surface area contributed by atoms with Crippen LogP contribution in [0.3, 0.4) is 0 Å². The van der Waals surface area contributed by atoms with Gasteiger partial charge in [0.2, 0.25) is 0 Å². The van der Waals surface area contributed by atoms with Gasteiger partial charge in [0.15, 0.2) is 0 Å². The summed E-state index contributed by atoms with van der Waals surface area (Å²) in [5.74, 6) is 1.65. The highest BCUT2D eigenvalue weighted by molar-refractivity contribution is 5.77. The van der Waals surface area contributed by atoms with E-state index in [2.05, 4.69) is 48.5 Å². The Morgan fingerprint density at radius 1 is 1.14 bits per heavy atom. The third-order valence-corrected chi connectivity index (χ3v) is 5.86. The zero-order valence-corrected chi connectivity index (χ0v) is 15.3. The molecule has 1 aliphatic carbocycles. The fourth-order valence-electron chi connectivity index (χ4n) is 3.54. The van der Waals surface area contributed by atoms with Gasteiger partial charge in [0.1, 0.15) is 5.60 Å². The lowest BCUT2D eigenvalue weighted by molar-refractivity contribution is -0.178. The maximum Gasteiger partial charge on any atom is 0.312 e. The third kappa shape index (κ3) is 4.47. The van der Waals surface area contributed by atoms with Crippen molar-refractivity contribution in [3.8, 4) is 0 Å². The van der Waals surface area contributed by atoms with Crippen molar-refractivity contribution in [3.63, 3.8) is 0 Å². The molecule has 0 aliphatic heterocycles. The highest BCUT2D eigenvalue weighted by Crippen LogP contribution is 2.40. The molecule has 21 heavy (non-hydrogen) atoms. The molecule has 124 valence electrons. The molecule has 0 saturated heterocycles. The third-order valence-electron chi connectivity index (χ3n) is 5.86. The largest absolute Gasteiger partial charge is 0.459 e. The normalized spacial score (nSPS) is 26.5. The van der Waals surface area contributed by atoms with Crippen molar-refractivity contribution in [2.45, 2.75) is 92.6 Å². The van der Waals surface area contributed by atoms with Gasteiger partial charge in [-0.05, 0) is 57.8 Å². The smallest absolute Gasteiger partial charge is 0.312 e. The molecule has 1 atom stereocenters. The van der Waals surface area contributed by atoms with Crippen molar-refractivity contribution in [2.75, 3.05) is 0 Å². The SMILES string of the molecule is CCC[C@](C)(C(=O)OC(C)(C)C1CCC(C)CC1)C(C)C. The fraction of sp³-hybridized carbons (Fsp3) is 0.947. The standard InChI is InChI=1S/C19H36O2/c1-8-13-19(7,14(2)3)17(20)21-18(5,6)16-11-9-15(4)10-12-16/h14-16H,8-13H2,1-7H3/t15?,16?,19-/m0/s1. The van der Waals surface area contributed by atoms with E-state index >= 15 is 0 Å². The van der Waals surface area contributed by atoms with Gasteiger partial charge in [0.05, 0.1) is 5.41 Å². The summed E-state index contributed by atoms with van der Waals surface area (Å²) in [5.41, 5.74) is -0.685. The second kappa shape index (κ2) is 7.15. The quantitative estimate of drug-likeness (QED) is 0.597. The number of carbonyl (C=O) groups excluding carboxylic acids is 1.